The van der Waals surface area contributed by atoms with Gasteiger partial charge < -0.3 is 10.2 Å². The second kappa shape index (κ2) is 10.8. The molecule has 3 aliphatic rings. The molecule has 1 N–H and O–H groups in total. The van der Waals surface area contributed by atoms with Gasteiger partial charge in [0.05, 0.1) is 11.9 Å². The van der Waals surface area contributed by atoms with Crippen molar-refractivity contribution in [3.8, 4) is 0 Å². The zero-order chi connectivity index (χ0) is 25.2. The quantitative estimate of drug-likeness (QED) is 0.630. The number of anilines is 1. The molecule has 0 spiro atoms. The van der Waals surface area contributed by atoms with E-state index in [-0.39, 0.29) is 5.91 Å². The zero-order valence-corrected chi connectivity index (χ0v) is 21.2. The van der Waals surface area contributed by atoms with Gasteiger partial charge in [-0.1, -0.05) is 13.0 Å². The van der Waals surface area contributed by atoms with Crippen LogP contribution in [0.25, 0.3) is 0 Å². The van der Waals surface area contributed by atoms with E-state index in [0.717, 1.165) is 81.9 Å². The molecule has 194 valence electrons. The maximum absolute atomic E-state index is 13.6. The molecule has 2 saturated heterocycles. The first kappa shape index (κ1) is 25.0. The van der Waals surface area contributed by atoms with Crippen LogP contribution in [0.2, 0.25) is 0 Å². The highest BCUT2D eigenvalue weighted by Gasteiger charge is 2.34. The summed E-state index contributed by atoms with van der Waals surface area (Å²) in [6.45, 7) is 9.49. The number of aryl methyl sites for hydroxylation is 1. The van der Waals surface area contributed by atoms with Crippen LogP contribution in [0.15, 0.2) is 24.4 Å². The number of hydrogen-bond acceptors (Lipinski definition) is 6. The number of carbonyl (C=O) groups excluding carboxylic acids is 1. The molecular formula is C27H36F2N6O. The van der Waals surface area contributed by atoms with Crippen molar-refractivity contribution in [1.82, 2.24) is 25.1 Å². The largest absolute Gasteiger partial charge is 0.352 e. The monoisotopic (exact) mass is 498 g/mol. The molecule has 1 aromatic carbocycles. The highest BCUT2D eigenvalue weighted by molar-refractivity contribution is 5.92. The van der Waals surface area contributed by atoms with E-state index in [0.29, 0.717) is 30.4 Å². The second-order valence-electron chi connectivity index (χ2n) is 10.4. The topological polar surface area (TPSA) is 64.6 Å². The number of piperidine rings is 1. The van der Waals surface area contributed by atoms with E-state index in [1.165, 1.54) is 12.1 Å². The molecule has 1 saturated carbocycles. The Morgan fingerprint density at radius 1 is 1.08 bits per heavy atom. The summed E-state index contributed by atoms with van der Waals surface area (Å²) in [6.07, 6.45) is 6.90. The van der Waals surface area contributed by atoms with Gasteiger partial charge in [-0.25, -0.2) is 18.7 Å². The summed E-state index contributed by atoms with van der Waals surface area (Å²) in [5.74, 6) is -0.829. The summed E-state index contributed by atoms with van der Waals surface area (Å²) in [4.78, 5) is 28.8. The van der Waals surface area contributed by atoms with E-state index in [9.17, 15) is 13.6 Å². The minimum atomic E-state index is -0.793. The zero-order valence-electron chi connectivity index (χ0n) is 21.2. The number of hydrogen-bond donors (Lipinski definition) is 1. The van der Waals surface area contributed by atoms with Crippen molar-refractivity contribution in [3.63, 3.8) is 0 Å². The van der Waals surface area contributed by atoms with Crippen molar-refractivity contribution in [2.75, 3.05) is 37.6 Å². The fourth-order valence-electron chi connectivity index (χ4n) is 5.59. The van der Waals surface area contributed by atoms with Crippen molar-refractivity contribution in [3.05, 3.63) is 53.0 Å². The molecule has 0 bridgehead atoms. The van der Waals surface area contributed by atoms with Crippen LogP contribution < -0.4 is 10.2 Å². The molecule has 0 unspecified atom stereocenters. The van der Waals surface area contributed by atoms with E-state index in [1.54, 1.807) is 12.3 Å². The molecule has 7 nitrogen and oxygen atoms in total. The van der Waals surface area contributed by atoms with E-state index in [2.05, 4.69) is 36.9 Å². The third kappa shape index (κ3) is 5.67. The number of piperazine rings is 1. The van der Waals surface area contributed by atoms with Gasteiger partial charge in [-0.15, -0.1) is 0 Å². The number of amides is 1. The van der Waals surface area contributed by atoms with Crippen LogP contribution in [0.3, 0.4) is 0 Å². The summed E-state index contributed by atoms with van der Waals surface area (Å²) in [5, 5.41) is 2.98. The molecule has 3 fully saturated rings. The molecule has 2 aliphatic heterocycles. The van der Waals surface area contributed by atoms with E-state index >= 15 is 0 Å². The Bertz CT molecular complexity index is 1090. The fraction of sp³-hybridized carbons (Fsp3) is 0.593. The first-order valence-corrected chi connectivity index (χ1v) is 13.2. The summed E-state index contributed by atoms with van der Waals surface area (Å²) in [7, 11) is 0. The average Bonchev–Trinajstić information content (AvgIpc) is 3.70. The van der Waals surface area contributed by atoms with Gasteiger partial charge >= 0.3 is 0 Å². The third-order valence-corrected chi connectivity index (χ3v) is 7.78. The second-order valence-corrected chi connectivity index (χ2v) is 10.4. The van der Waals surface area contributed by atoms with Gasteiger partial charge in [0.15, 0.2) is 11.6 Å². The van der Waals surface area contributed by atoms with Crippen LogP contribution in [-0.2, 0) is 6.54 Å². The lowest BCUT2D eigenvalue weighted by Gasteiger charge is -2.47. The molecule has 3 heterocycles. The van der Waals surface area contributed by atoms with Crippen LogP contribution >= 0.6 is 0 Å². The number of halogens is 2. The number of benzene rings is 1. The van der Waals surface area contributed by atoms with Crippen molar-refractivity contribution < 1.29 is 13.6 Å². The predicted octanol–water partition coefficient (Wildman–Crippen LogP) is 3.52. The summed E-state index contributed by atoms with van der Waals surface area (Å²) in [5.41, 5.74) is 2.01. The van der Waals surface area contributed by atoms with Gasteiger partial charge in [0.1, 0.15) is 11.5 Å². The molecule has 9 heteroatoms. The average molecular weight is 499 g/mol. The summed E-state index contributed by atoms with van der Waals surface area (Å²) < 4.78 is 26.8. The SMILES string of the molecule is CC[C@H]1CN(c2ncc(C(=O)NC3CC3)nc2C)CCN1C1CCN(Cc2ccc(F)c(F)c2)CC1. The summed E-state index contributed by atoms with van der Waals surface area (Å²) >= 11 is 0. The maximum Gasteiger partial charge on any atom is 0.271 e. The molecule has 0 radical (unpaired) electrons. The Morgan fingerprint density at radius 2 is 1.86 bits per heavy atom. The van der Waals surface area contributed by atoms with Gasteiger partial charge in [-0.2, -0.15) is 0 Å². The Hall–Kier alpha value is -2.65. The lowest BCUT2D eigenvalue weighted by atomic mass is 9.97. The van der Waals surface area contributed by atoms with Crippen LogP contribution in [0.4, 0.5) is 14.6 Å². The van der Waals surface area contributed by atoms with Gasteiger partial charge in [0, 0.05) is 44.3 Å². The highest BCUT2D eigenvalue weighted by atomic mass is 19.2. The Morgan fingerprint density at radius 3 is 2.53 bits per heavy atom. The minimum Gasteiger partial charge on any atom is -0.352 e. The molecular weight excluding hydrogens is 462 g/mol. The van der Waals surface area contributed by atoms with E-state index < -0.39 is 11.6 Å². The van der Waals surface area contributed by atoms with Gasteiger partial charge in [0.2, 0.25) is 0 Å². The number of aromatic nitrogens is 2. The predicted molar refractivity (Wildman–Crippen MR) is 135 cm³/mol. The van der Waals surface area contributed by atoms with Gasteiger partial charge in [0.25, 0.3) is 5.91 Å². The standard InChI is InChI=1S/C27H36F2N6O/c1-3-21-17-34(26-18(2)31-25(15-30-26)27(36)32-20-5-6-20)12-13-35(21)22-8-10-33(11-9-22)16-19-4-7-23(28)24(29)14-19/h4,7,14-15,20-22H,3,5-6,8-13,16-17H2,1-2H3,(H,32,36)/t21-/m0/s1. The first-order valence-electron chi connectivity index (χ1n) is 13.2. The van der Waals surface area contributed by atoms with Gasteiger partial charge in [-0.3, -0.25) is 14.6 Å². The summed E-state index contributed by atoms with van der Waals surface area (Å²) in [6, 6.07) is 5.46. The number of carbonyl (C=O) groups is 1. The van der Waals surface area contributed by atoms with Crippen molar-refractivity contribution in [2.24, 2.45) is 0 Å². The lowest BCUT2D eigenvalue weighted by molar-refractivity contribution is 0.0610. The van der Waals surface area contributed by atoms with Gasteiger partial charge in [-0.05, 0) is 69.8 Å². The van der Waals surface area contributed by atoms with Crippen molar-refractivity contribution in [2.45, 2.75) is 70.6 Å². The Balaban J connectivity index is 1.16. The normalized spacial score (nSPS) is 22.1. The van der Waals surface area contributed by atoms with Crippen molar-refractivity contribution in [1.29, 1.82) is 0 Å². The fourth-order valence-corrected chi connectivity index (χ4v) is 5.59. The molecule has 36 heavy (non-hydrogen) atoms. The Kier molecular flexibility index (Phi) is 7.48. The maximum atomic E-state index is 13.6. The molecule has 1 atom stereocenters. The highest BCUT2D eigenvalue weighted by Crippen LogP contribution is 2.27. The Labute approximate surface area is 211 Å². The third-order valence-electron chi connectivity index (χ3n) is 7.78. The molecule has 1 aromatic heterocycles. The lowest BCUT2D eigenvalue weighted by Crippen LogP contribution is -2.58. The van der Waals surface area contributed by atoms with E-state index in [4.69, 9.17) is 0 Å². The van der Waals surface area contributed by atoms with Crippen molar-refractivity contribution >= 4 is 11.7 Å². The molecule has 1 aliphatic carbocycles. The first-order chi connectivity index (χ1) is 17.4. The van der Waals surface area contributed by atoms with Crippen LogP contribution in [0.5, 0.6) is 0 Å². The van der Waals surface area contributed by atoms with Crippen LogP contribution in [0.1, 0.15) is 60.8 Å². The molecule has 5 rings (SSSR count). The number of nitrogens with zero attached hydrogens (tertiary/aromatic N) is 5. The minimum absolute atomic E-state index is 0.133. The smallest absolute Gasteiger partial charge is 0.271 e. The van der Waals surface area contributed by atoms with E-state index in [1.807, 2.05) is 6.92 Å². The number of likely N-dealkylation sites (tertiary alicyclic amines) is 1. The number of rotatable bonds is 7. The molecule has 1 amide bonds. The van der Waals surface area contributed by atoms with Crippen LogP contribution in [0, 0.1) is 18.6 Å². The van der Waals surface area contributed by atoms with Crippen LogP contribution in [-0.4, -0.2) is 76.5 Å². The molecule has 2 aromatic rings. The number of nitrogens with one attached hydrogen (secondary N) is 1.